The summed E-state index contributed by atoms with van der Waals surface area (Å²) in [5, 5.41) is 3.44. The van der Waals surface area contributed by atoms with E-state index in [1.807, 2.05) is 0 Å². The number of nitrogens with one attached hydrogen (secondary N) is 1. The van der Waals surface area contributed by atoms with Gasteiger partial charge in [0.2, 0.25) is 0 Å². The summed E-state index contributed by atoms with van der Waals surface area (Å²) in [6.07, 6.45) is 6.88. The van der Waals surface area contributed by atoms with Gasteiger partial charge in [-0.15, -0.1) is 0 Å². The van der Waals surface area contributed by atoms with Crippen LogP contribution in [-0.4, -0.2) is 12.6 Å². The van der Waals surface area contributed by atoms with Gasteiger partial charge in [0, 0.05) is 23.7 Å². The molecular weight excluding hydrogens is 326 g/mol. The SMILES string of the molecule is CC(C)NCc1ccc(COCC2CCCCC2)c(Br)c1. The molecule has 3 heteroatoms. The molecule has 0 amide bonds. The fraction of sp³-hybridized carbons (Fsp3) is 0.667. The lowest BCUT2D eigenvalue weighted by Gasteiger charge is -2.21. The molecule has 2 nitrogen and oxygen atoms in total. The van der Waals surface area contributed by atoms with Crippen molar-refractivity contribution in [1.29, 1.82) is 0 Å². The van der Waals surface area contributed by atoms with Crippen molar-refractivity contribution >= 4 is 15.9 Å². The first-order valence-corrected chi connectivity index (χ1v) is 9.03. The summed E-state index contributed by atoms with van der Waals surface area (Å²) in [6.45, 7) is 6.89. The molecule has 0 spiro atoms. The van der Waals surface area contributed by atoms with Crippen LogP contribution in [0.1, 0.15) is 57.1 Å². The fourth-order valence-electron chi connectivity index (χ4n) is 2.83. The van der Waals surface area contributed by atoms with Crippen molar-refractivity contribution in [1.82, 2.24) is 5.32 Å². The van der Waals surface area contributed by atoms with Gasteiger partial charge in [0.25, 0.3) is 0 Å². The quantitative estimate of drug-likeness (QED) is 0.740. The zero-order chi connectivity index (χ0) is 15.1. The van der Waals surface area contributed by atoms with Gasteiger partial charge in [-0.2, -0.15) is 0 Å². The van der Waals surface area contributed by atoms with Gasteiger partial charge in [-0.1, -0.05) is 61.2 Å². The number of benzene rings is 1. The van der Waals surface area contributed by atoms with Gasteiger partial charge in [0.1, 0.15) is 0 Å². The smallest absolute Gasteiger partial charge is 0.0727 e. The molecular formula is C18H28BrNO. The zero-order valence-electron chi connectivity index (χ0n) is 13.3. The van der Waals surface area contributed by atoms with Gasteiger partial charge >= 0.3 is 0 Å². The Hall–Kier alpha value is -0.380. The lowest BCUT2D eigenvalue weighted by molar-refractivity contribution is 0.0736. The van der Waals surface area contributed by atoms with Crippen LogP contribution in [0.15, 0.2) is 22.7 Å². The summed E-state index contributed by atoms with van der Waals surface area (Å²) in [5.41, 5.74) is 2.56. The van der Waals surface area contributed by atoms with Crippen LogP contribution in [0.3, 0.4) is 0 Å². The Balaban J connectivity index is 1.77. The Morgan fingerprint density at radius 2 is 2.00 bits per heavy atom. The minimum absolute atomic E-state index is 0.516. The molecule has 1 aromatic rings. The second-order valence-electron chi connectivity index (χ2n) is 6.48. The average molecular weight is 354 g/mol. The number of hydrogen-bond acceptors (Lipinski definition) is 2. The highest BCUT2D eigenvalue weighted by atomic mass is 79.9. The predicted molar refractivity (Wildman–Crippen MR) is 92.3 cm³/mol. The molecule has 2 rings (SSSR count). The number of ether oxygens (including phenoxy) is 1. The average Bonchev–Trinajstić information content (AvgIpc) is 2.48. The summed E-state index contributed by atoms with van der Waals surface area (Å²) in [4.78, 5) is 0. The van der Waals surface area contributed by atoms with Gasteiger partial charge in [-0.05, 0) is 36.0 Å². The van der Waals surface area contributed by atoms with Gasteiger partial charge in [0.15, 0.2) is 0 Å². The molecule has 0 aromatic heterocycles. The Kier molecular flexibility index (Phi) is 7.21. The maximum atomic E-state index is 5.93. The van der Waals surface area contributed by atoms with E-state index in [9.17, 15) is 0 Å². The van der Waals surface area contributed by atoms with E-state index in [0.717, 1.165) is 30.1 Å². The summed E-state index contributed by atoms with van der Waals surface area (Å²) in [7, 11) is 0. The molecule has 118 valence electrons. The van der Waals surface area contributed by atoms with Crippen molar-refractivity contribution in [3.05, 3.63) is 33.8 Å². The monoisotopic (exact) mass is 353 g/mol. The Labute approximate surface area is 137 Å². The third-order valence-electron chi connectivity index (χ3n) is 4.17. The molecule has 1 aromatic carbocycles. The standard InChI is InChI=1S/C18H28BrNO/c1-14(2)20-11-16-8-9-17(18(19)10-16)13-21-12-15-6-4-3-5-7-15/h8-10,14-15,20H,3-7,11-13H2,1-2H3. The van der Waals surface area contributed by atoms with Gasteiger partial charge < -0.3 is 10.1 Å². The van der Waals surface area contributed by atoms with Crippen LogP contribution in [0.2, 0.25) is 0 Å². The third kappa shape index (κ3) is 6.09. The molecule has 0 saturated heterocycles. The van der Waals surface area contributed by atoms with Gasteiger partial charge in [-0.3, -0.25) is 0 Å². The van der Waals surface area contributed by atoms with E-state index in [0.29, 0.717) is 6.04 Å². The molecule has 0 radical (unpaired) electrons. The van der Waals surface area contributed by atoms with E-state index in [2.05, 4.69) is 53.3 Å². The first-order valence-electron chi connectivity index (χ1n) is 8.23. The van der Waals surface area contributed by atoms with E-state index in [1.54, 1.807) is 0 Å². The van der Waals surface area contributed by atoms with Crippen LogP contribution < -0.4 is 5.32 Å². The topological polar surface area (TPSA) is 21.3 Å². The molecule has 1 aliphatic rings. The molecule has 0 heterocycles. The second kappa shape index (κ2) is 8.92. The molecule has 1 fully saturated rings. The Bertz CT molecular complexity index is 427. The molecule has 1 N–H and O–H groups in total. The third-order valence-corrected chi connectivity index (χ3v) is 4.91. The zero-order valence-corrected chi connectivity index (χ0v) is 14.9. The Morgan fingerprint density at radius 1 is 1.24 bits per heavy atom. The largest absolute Gasteiger partial charge is 0.376 e. The molecule has 0 bridgehead atoms. The highest BCUT2D eigenvalue weighted by Gasteiger charge is 2.13. The van der Waals surface area contributed by atoms with Crippen LogP contribution in [0.5, 0.6) is 0 Å². The number of hydrogen-bond donors (Lipinski definition) is 1. The van der Waals surface area contributed by atoms with Crippen LogP contribution in [0, 0.1) is 5.92 Å². The molecule has 21 heavy (non-hydrogen) atoms. The number of halogens is 1. The van der Waals surface area contributed by atoms with E-state index in [4.69, 9.17) is 4.74 Å². The minimum atomic E-state index is 0.516. The van der Waals surface area contributed by atoms with Crippen molar-refractivity contribution in [3.63, 3.8) is 0 Å². The summed E-state index contributed by atoms with van der Waals surface area (Å²) < 4.78 is 7.09. The van der Waals surface area contributed by atoms with Gasteiger partial charge in [-0.25, -0.2) is 0 Å². The van der Waals surface area contributed by atoms with Crippen molar-refractivity contribution in [3.8, 4) is 0 Å². The normalized spacial score (nSPS) is 16.6. The lowest BCUT2D eigenvalue weighted by atomic mass is 9.90. The molecule has 1 saturated carbocycles. The van der Waals surface area contributed by atoms with E-state index in [-0.39, 0.29) is 0 Å². The fourth-order valence-corrected chi connectivity index (χ4v) is 3.37. The highest BCUT2D eigenvalue weighted by Crippen LogP contribution is 2.25. The highest BCUT2D eigenvalue weighted by molar-refractivity contribution is 9.10. The first kappa shape index (κ1) is 17.0. The van der Waals surface area contributed by atoms with Crippen molar-refractivity contribution in [2.45, 2.75) is 65.1 Å². The van der Waals surface area contributed by atoms with Crippen LogP contribution in [0.4, 0.5) is 0 Å². The lowest BCUT2D eigenvalue weighted by Crippen LogP contribution is -2.21. The minimum Gasteiger partial charge on any atom is -0.376 e. The maximum Gasteiger partial charge on any atom is 0.0727 e. The predicted octanol–water partition coefficient (Wildman–Crippen LogP) is 5.04. The van der Waals surface area contributed by atoms with Crippen molar-refractivity contribution in [2.75, 3.05) is 6.61 Å². The second-order valence-corrected chi connectivity index (χ2v) is 7.33. The van der Waals surface area contributed by atoms with E-state index >= 15 is 0 Å². The van der Waals surface area contributed by atoms with Crippen molar-refractivity contribution < 1.29 is 4.74 Å². The first-order chi connectivity index (χ1) is 10.1. The summed E-state index contributed by atoms with van der Waals surface area (Å²) in [5.74, 6) is 0.784. The van der Waals surface area contributed by atoms with Crippen LogP contribution >= 0.6 is 15.9 Å². The van der Waals surface area contributed by atoms with Crippen LogP contribution in [-0.2, 0) is 17.9 Å². The van der Waals surface area contributed by atoms with E-state index in [1.165, 1.54) is 43.2 Å². The van der Waals surface area contributed by atoms with E-state index < -0.39 is 0 Å². The van der Waals surface area contributed by atoms with Gasteiger partial charge in [0.05, 0.1) is 6.61 Å². The number of rotatable bonds is 7. The summed E-state index contributed by atoms with van der Waals surface area (Å²) in [6, 6.07) is 7.10. The molecule has 0 aliphatic heterocycles. The molecule has 0 atom stereocenters. The molecule has 0 unspecified atom stereocenters. The van der Waals surface area contributed by atoms with Crippen LogP contribution in [0.25, 0.3) is 0 Å². The molecule has 1 aliphatic carbocycles. The summed E-state index contributed by atoms with van der Waals surface area (Å²) >= 11 is 3.67. The Morgan fingerprint density at radius 3 is 2.67 bits per heavy atom. The van der Waals surface area contributed by atoms with Crippen molar-refractivity contribution in [2.24, 2.45) is 5.92 Å². The maximum absolute atomic E-state index is 5.93.